The molecule has 12 heteroatoms. The van der Waals surface area contributed by atoms with Crippen LogP contribution in [0, 0.1) is 11.6 Å². The van der Waals surface area contributed by atoms with E-state index in [0.717, 1.165) is 22.0 Å². The predicted molar refractivity (Wildman–Crippen MR) is 143 cm³/mol. The maximum Gasteiger partial charge on any atom is 0.303 e. The van der Waals surface area contributed by atoms with E-state index < -0.39 is 47.7 Å². The number of carboxylic acids is 1. The normalized spacial score (nSPS) is 16.2. The molecule has 208 valence electrons. The predicted octanol–water partition coefficient (Wildman–Crippen LogP) is 3.32. The Morgan fingerprint density at radius 3 is 2.39 bits per heavy atom. The van der Waals surface area contributed by atoms with Gasteiger partial charge in [0, 0.05) is 31.1 Å². The van der Waals surface area contributed by atoms with E-state index in [1.54, 1.807) is 18.2 Å². The number of aliphatic carboxylic acids is 1. The molecule has 0 fully saturated rings. The van der Waals surface area contributed by atoms with E-state index >= 15 is 0 Å². The number of benzene rings is 2. The third kappa shape index (κ3) is 7.04. The highest BCUT2D eigenvalue weighted by atomic mass is 32.2. The van der Waals surface area contributed by atoms with E-state index in [0.29, 0.717) is 24.3 Å². The van der Waals surface area contributed by atoms with Crippen LogP contribution < -0.4 is 14.6 Å². The second kappa shape index (κ2) is 12.0. The van der Waals surface area contributed by atoms with Gasteiger partial charge >= 0.3 is 5.97 Å². The molecule has 2 N–H and O–H groups in total. The van der Waals surface area contributed by atoms with Crippen LogP contribution in [0.2, 0.25) is 19.6 Å². The van der Waals surface area contributed by atoms with Crippen molar-refractivity contribution in [1.29, 1.82) is 0 Å². The van der Waals surface area contributed by atoms with E-state index in [4.69, 9.17) is 9.84 Å². The first kappa shape index (κ1) is 29.9. The van der Waals surface area contributed by atoms with Crippen molar-refractivity contribution in [2.75, 3.05) is 19.7 Å². The zero-order valence-corrected chi connectivity index (χ0v) is 23.8. The Labute approximate surface area is 223 Å². The fourth-order valence-corrected chi connectivity index (χ4v) is 7.68. The Hall–Kier alpha value is -2.67. The van der Waals surface area contributed by atoms with Crippen LogP contribution in [-0.2, 0) is 32.6 Å². The van der Waals surface area contributed by atoms with Gasteiger partial charge in [-0.25, -0.2) is 13.5 Å². The van der Waals surface area contributed by atoms with Crippen molar-refractivity contribution in [2.24, 2.45) is 0 Å². The molecule has 0 aromatic heterocycles. The van der Waals surface area contributed by atoms with Gasteiger partial charge in [-0.3, -0.25) is 9.59 Å². The number of nitrogens with zero attached hydrogens (tertiary/aromatic N) is 1. The topological polar surface area (TPSA) is 113 Å². The number of halogens is 2. The maximum atomic E-state index is 14.9. The Morgan fingerprint density at radius 2 is 1.82 bits per heavy atom. The lowest BCUT2D eigenvalue weighted by molar-refractivity contribution is -0.137. The average molecular weight is 569 g/mol. The SMILES string of the molecule is CCOc1ccc2c(c1)CCN(S(=O)(=O)NCCCC(=O)O)[C@H]2C(=O)Cc1cc(F)c([Si](C)(C)C)c(F)c1. The van der Waals surface area contributed by atoms with Crippen molar-refractivity contribution >= 4 is 35.2 Å². The van der Waals surface area contributed by atoms with Gasteiger partial charge in [-0.05, 0) is 60.7 Å². The van der Waals surface area contributed by atoms with Gasteiger partial charge in [-0.1, -0.05) is 25.7 Å². The molecule has 1 aliphatic heterocycles. The molecule has 3 rings (SSSR count). The first-order valence-corrected chi connectivity index (χ1v) is 17.4. The summed E-state index contributed by atoms with van der Waals surface area (Å²) in [4.78, 5) is 24.4. The van der Waals surface area contributed by atoms with Crippen LogP contribution in [-0.4, -0.2) is 57.4 Å². The molecular formula is C26H34F2N2O6SSi. The monoisotopic (exact) mass is 568 g/mol. The van der Waals surface area contributed by atoms with E-state index in [-0.39, 0.29) is 43.1 Å². The lowest BCUT2D eigenvalue weighted by Gasteiger charge is -2.35. The van der Waals surface area contributed by atoms with E-state index in [9.17, 15) is 26.8 Å². The quantitative estimate of drug-likeness (QED) is 0.300. The summed E-state index contributed by atoms with van der Waals surface area (Å²) in [6.07, 6.45) is -0.178. The number of hydrogen-bond acceptors (Lipinski definition) is 5. The van der Waals surface area contributed by atoms with Gasteiger partial charge in [0.05, 0.1) is 14.7 Å². The summed E-state index contributed by atoms with van der Waals surface area (Å²) in [6, 6.07) is 6.14. The summed E-state index contributed by atoms with van der Waals surface area (Å²) in [7, 11) is -6.49. The van der Waals surface area contributed by atoms with Crippen molar-refractivity contribution in [1.82, 2.24) is 9.03 Å². The summed E-state index contributed by atoms with van der Waals surface area (Å²) in [5.74, 6) is -2.41. The number of carbonyl (C=O) groups excluding carboxylic acids is 1. The molecule has 0 saturated heterocycles. The molecule has 38 heavy (non-hydrogen) atoms. The summed E-state index contributed by atoms with van der Waals surface area (Å²) >= 11 is 0. The summed E-state index contributed by atoms with van der Waals surface area (Å²) in [6.45, 7) is 7.61. The lowest BCUT2D eigenvalue weighted by atomic mass is 9.89. The van der Waals surface area contributed by atoms with Crippen molar-refractivity contribution < 1.29 is 36.6 Å². The van der Waals surface area contributed by atoms with Gasteiger partial charge in [0.1, 0.15) is 23.4 Å². The van der Waals surface area contributed by atoms with E-state index in [2.05, 4.69) is 4.72 Å². The lowest BCUT2D eigenvalue weighted by Crippen LogP contribution is -2.49. The zero-order valence-electron chi connectivity index (χ0n) is 22.0. The minimum atomic E-state index is -4.18. The van der Waals surface area contributed by atoms with Crippen molar-refractivity contribution in [2.45, 2.75) is 58.3 Å². The van der Waals surface area contributed by atoms with Crippen LogP contribution in [0.5, 0.6) is 5.75 Å². The molecule has 2 aromatic carbocycles. The van der Waals surface area contributed by atoms with Crippen LogP contribution in [0.1, 0.15) is 42.5 Å². The third-order valence-electron chi connectivity index (χ3n) is 6.31. The van der Waals surface area contributed by atoms with Crippen molar-refractivity contribution in [3.05, 3.63) is 58.7 Å². The smallest absolute Gasteiger partial charge is 0.303 e. The molecular weight excluding hydrogens is 534 g/mol. The number of nitrogens with one attached hydrogen (secondary N) is 1. The second-order valence-corrected chi connectivity index (χ2v) is 17.0. The second-order valence-electron chi connectivity index (χ2n) is 10.3. The molecule has 0 bridgehead atoms. The molecule has 0 radical (unpaired) electrons. The maximum absolute atomic E-state index is 14.9. The minimum absolute atomic E-state index is 0.00939. The molecule has 1 heterocycles. The van der Waals surface area contributed by atoms with Crippen LogP contribution in [0.25, 0.3) is 0 Å². The number of carbonyl (C=O) groups is 2. The Morgan fingerprint density at radius 1 is 1.16 bits per heavy atom. The largest absolute Gasteiger partial charge is 0.494 e. The number of ketones is 1. The molecule has 0 spiro atoms. The Balaban J connectivity index is 1.96. The van der Waals surface area contributed by atoms with Crippen LogP contribution in [0.3, 0.4) is 0 Å². The first-order valence-electron chi connectivity index (χ1n) is 12.5. The van der Waals surface area contributed by atoms with E-state index in [1.165, 1.54) is 0 Å². The molecule has 0 saturated carbocycles. The summed E-state index contributed by atoms with van der Waals surface area (Å²) in [5.41, 5.74) is 1.34. The molecule has 0 amide bonds. The minimum Gasteiger partial charge on any atom is -0.494 e. The van der Waals surface area contributed by atoms with Gasteiger partial charge in [0.15, 0.2) is 5.78 Å². The molecule has 1 atom stereocenters. The highest BCUT2D eigenvalue weighted by molar-refractivity contribution is 7.87. The zero-order chi connectivity index (χ0) is 28.3. The molecule has 1 aliphatic rings. The number of hydrogen-bond donors (Lipinski definition) is 2. The van der Waals surface area contributed by atoms with E-state index in [1.807, 2.05) is 26.6 Å². The standard InChI is InChI=1S/C26H34F2N2O6SSi/c1-5-36-19-8-9-20-18(16-19)10-12-30(37(34,35)29-11-6-7-24(32)33)25(20)23(31)15-17-13-21(27)26(22(28)14-17)38(2,3)4/h8-9,13-14,16,25,29H,5-7,10-12,15H2,1-4H3,(H,32,33)/t25-/m1/s1. The van der Waals surface area contributed by atoms with Gasteiger partial charge in [-0.15, -0.1) is 0 Å². The summed E-state index contributed by atoms with van der Waals surface area (Å²) in [5, 5.41) is 8.87. The number of Topliss-reactive ketones (excluding diaryl/α,β-unsaturated/α-hetero) is 1. The number of fused-ring (bicyclic) bond motifs is 1. The Bertz CT molecular complexity index is 1290. The summed E-state index contributed by atoms with van der Waals surface area (Å²) < 4.78 is 65.1. The van der Waals surface area contributed by atoms with Crippen LogP contribution in [0.15, 0.2) is 30.3 Å². The van der Waals surface area contributed by atoms with Crippen molar-refractivity contribution in [3.63, 3.8) is 0 Å². The van der Waals surface area contributed by atoms with Gasteiger partial charge < -0.3 is 9.84 Å². The van der Waals surface area contributed by atoms with Gasteiger partial charge in [0.2, 0.25) is 0 Å². The molecule has 8 nitrogen and oxygen atoms in total. The molecule has 0 aliphatic carbocycles. The third-order valence-corrected chi connectivity index (χ3v) is 9.86. The van der Waals surface area contributed by atoms with Crippen LogP contribution >= 0.6 is 0 Å². The average Bonchev–Trinajstić information content (AvgIpc) is 2.79. The van der Waals surface area contributed by atoms with Gasteiger partial charge in [0.25, 0.3) is 10.2 Å². The molecule has 2 aromatic rings. The van der Waals surface area contributed by atoms with Crippen LogP contribution in [0.4, 0.5) is 8.78 Å². The number of carboxylic acid groups (broad SMARTS) is 1. The van der Waals surface area contributed by atoms with Crippen molar-refractivity contribution in [3.8, 4) is 5.75 Å². The fourth-order valence-electron chi connectivity index (χ4n) is 4.70. The highest BCUT2D eigenvalue weighted by Gasteiger charge is 2.40. The number of rotatable bonds is 12. The van der Waals surface area contributed by atoms with Gasteiger partial charge in [-0.2, -0.15) is 12.7 Å². The Kier molecular flexibility index (Phi) is 9.45. The first-order chi connectivity index (χ1) is 17.7. The number of ether oxygens (including phenoxy) is 1. The highest BCUT2D eigenvalue weighted by Crippen LogP contribution is 2.35. The molecule has 0 unspecified atom stereocenters. The fraction of sp³-hybridized carbons (Fsp3) is 0.462.